The van der Waals surface area contributed by atoms with E-state index in [4.69, 9.17) is 28.2 Å². The predicted octanol–water partition coefficient (Wildman–Crippen LogP) is 7.60. The smallest absolute Gasteiger partial charge is 0.152 e. The number of allylic oxidation sites excluding steroid dienone is 2. The number of nitrogens with zero attached hydrogens (tertiary/aromatic N) is 5. The second kappa shape index (κ2) is 9.62. The molecule has 3 aliphatic rings. The van der Waals surface area contributed by atoms with Crippen molar-refractivity contribution in [2.24, 2.45) is 17.5 Å². The Kier molecular flexibility index (Phi) is 6.40. The lowest BCUT2D eigenvalue weighted by Gasteiger charge is -2.43. The van der Waals surface area contributed by atoms with Gasteiger partial charge < -0.3 is 9.80 Å². The van der Waals surface area contributed by atoms with Crippen molar-refractivity contribution in [1.29, 1.82) is 0 Å². The van der Waals surface area contributed by atoms with E-state index in [0.717, 1.165) is 52.4 Å². The van der Waals surface area contributed by atoms with Crippen molar-refractivity contribution in [3.8, 4) is 0 Å². The summed E-state index contributed by atoms with van der Waals surface area (Å²) in [6.45, 7) is 8.34. The molecule has 0 N–H and O–H groups in total. The first-order chi connectivity index (χ1) is 18.3. The Morgan fingerprint density at radius 2 is 1.68 bits per heavy atom. The summed E-state index contributed by atoms with van der Waals surface area (Å²) >= 11 is 13.6. The molecule has 196 valence electrons. The van der Waals surface area contributed by atoms with Gasteiger partial charge in [0.25, 0.3) is 0 Å². The highest BCUT2D eigenvalue weighted by Gasteiger charge is 2.41. The summed E-state index contributed by atoms with van der Waals surface area (Å²) in [6, 6.07) is 13.0. The van der Waals surface area contributed by atoms with Gasteiger partial charge in [0.2, 0.25) is 0 Å². The highest BCUT2D eigenvalue weighted by Crippen LogP contribution is 2.45. The monoisotopic (exact) mass is 545 g/mol. The van der Waals surface area contributed by atoms with Crippen molar-refractivity contribution < 1.29 is 0 Å². The standard InChI is InChI=1S/C31H33Cl2N5/c1-5-25-30(37-15-12-31(13-16-37)18-21-8-6-7-9-22(21)19-31)34-14-17-38(25)28(20(2)3)23-10-11-24-26(27(23)32)29(33)36(4)35-24/h5-11,14,17H,12-13,15-16,18-19H2,1-4H3/b25-5-. The van der Waals surface area contributed by atoms with Crippen LogP contribution in [0.2, 0.25) is 10.2 Å². The van der Waals surface area contributed by atoms with E-state index in [2.05, 4.69) is 66.0 Å². The van der Waals surface area contributed by atoms with Crippen molar-refractivity contribution in [2.45, 2.75) is 46.5 Å². The number of aliphatic imine (C=N–C) groups is 1. The van der Waals surface area contributed by atoms with Crippen LogP contribution in [-0.4, -0.2) is 38.5 Å². The lowest BCUT2D eigenvalue weighted by atomic mass is 9.76. The van der Waals surface area contributed by atoms with Crippen LogP contribution < -0.4 is 0 Å². The summed E-state index contributed by atoms with van der Waals surface area (Å²) in [5, 5.41) is 6.44. The third-order valence-corrected chi connectivity index (χ3v) is 9.21. The Morgan fingerprint density at radius 1 is 1.00 bits per heavy atom. The van der Waals surface area contributed by atoms with E-state index in [9.17, 15) is 0 Å². The van der Waals surface area contributed by atoms with Gasteiger partial charge in [-0.3, -0.25) is 4.68 Å². The highest BCUT2D eigenvalue weighted by atomic mass is 35.5. The molecule has 1 aromatic heterocycles. The molecule has 38 heavy (non-hydrogen) atoms. The molecular weight excluding hydrogens is 513 g/mol. The average Bonchev–Trinajstić information content (AvgIpc) is 3.42. The van der Waals surface area contributed by atoms with Gasteiger partial charge in [0.1, 0.15) is 5.15 Å². The van der Waals surface area contributed by atoms with Crippen molar-refractivity contribution in [2.75, 3.05) is 13.1 Å². The lowest BCUT2D eigenvalue weighted by Crippen LogP contribution is -2.46. The van der Waals surface area contributed by atoms with Gasteiger partial charge in [0.15, 0.2) is 5.84 Å². The third-order valence-electron chi connectivity index (χ3n) is 8.39. The van der Waals surface area contributed by atoms with Crippen molar-refractivity contribution in [3.05, 3.63) is 93.0 Å². The number of hydrogen-bond acceptors (Lipinski definition) is 4. The van der Waals surface area contributed by atoms with E-state index in [-0.39, 0.29) is 0 Å². The Hall–Kier alpha value is -3.02. The molecule has 7 heteroatoms. The fraction of sp³-hybridized carbons (Fsp3) is 0.355. The van der Waals surface area contributed by atoms with Crippen LogP contribution in [0.5, 0.6) is 0 Å². The number of fused-ring (bicyclic) bond motifs is 2. The molecule has 1 fully saturated rings. The number of amidine groups is 1. The highest BCUT2D eigenvalue weighted by molar-refractivity contribution is 6.42. The van der Waals surface area contributed by atoms with Crippen LogP contribution >= 0.6 is 23.2 Å². The zero-order valence-corrected chi connectivity index (χ0v) is 23.9. The number of rotatable bonds is 2. The zero-order chi connectivity index (χ0) is 26.6. The number of halogens is 2. The van der Waals surface area contributed by atoms with E-state index in [1.165, 1.54) is 36.8 Å². The molecule has 3 aromatic rings. The van der Waals surface area contributed by atoms with E-state index in [1.807, 2.05) is 31.6 Å². The second-order valence-corrected chi connectivity index (χ2v) is 11.7. The van der Waals surface area contributed by atoms with Gasteiger partial charge >= 0.3 is 0 Å². The molecule has 2 aromatic carbocycles. The normalized spacial score (nSPS) is 19.4. The summed E-state index contributed by atoms with van der Waals surface area (Å²) in [7, 11) is 1.83. The van der Waals surface area contributed by atoms with Crippen LogP contribution in [-0.2, 0) is 19.9 Å². The first-order valence-corrected chi connectivity index (χ1v) is 14.1. The fourth-order valence-corrected chi connectivity index (χ4v) is 7.10. The van der Waals surface area contributed by atoms with Crippen LogP contribution in [0.1, 0.15) is 50.3 Å². The largest absolute Gasteiger partial charge is 0.355 e. The van der Waals surface area contributed by atoms with Crippen LogP contribution in [0.25, 0.3) is 16.6 Å². The Morgan fingerprint density at radius 3 is 2.32 bits per heavy atom. The minimum atomic E-state index is 0.387. The van der Waals surface area contributed by atoms with Gasteiger partial charge in [-0.15, -0.1) is 0 Å². The van der Waals surface area contributed by atoms with E-state index < -0.39 is 0 Å². The number of aryl methyl sites for hydroxylation is 1. The number of likely N-dealkylation sites (tertiary alicyclic amines) is 1. The molecule has 0 unspecified atom stereocenters. The summed E-state index contributed by atoms with van der Waals surface area (Å²) in [6.07, 6.45) is 10.9. The van der Waals surface area contributed by atoms with E-state index in [0.29, 0.717) is 15.6 Å². The first-order valence-electron chi connectivity index (χ1n) is 13.3. The topological polar surface area (TPSA) is 36.7 Å². The molecule has 0 atom stereocenters. The molecule has 1 spiro atoms. The zero-order valence-electron chi connectivity index (χ0n) is 22.4. The van der Waals surface area contributed by atoms with Gasteiger partial charge in [-0.1, -0.05) is 59.1 Å². The number of benzene rings is 2. The van der Waals surface area contributed by atoms with Gasteiger partial charge in [-0.05, 0) is 75.1 Å². The number of hydrogen-bond donors (Lipinski definition) is 0. The number of aromatic nitrogens is 2. The molecule has 1 aliphatic carbocycles. The van der Waals surface area contributed by atoms with Crippen molar-refractivity contribution >= 4 is 45.6 Å². The van der Waals surface area contributed by atoms with Gasteiger partial charge in [-0.25, -0.2) is 4.99 Å². The first kappa shape index (κ1) is 25.3. The van der Waals surface area contributed by atoms with Crippen LogP contribution in [0.4, 0.5) is 0 Å². The fourth-order valence-electron chi connectivity index (χ4n) is 6.49. The minimum absolute atomic E-state index is 0.387. The van der Waals surface area contributed by atoms with E-state index in [1.54, 1.807) is 4.68 Å². The minimum Gasteiger partial charge on any atom is -0.355 e. The molecule has 0 saturated carbocycles. The molecule has 0 bridgehead atoms. The molecule has 0 radical (unpaired) electrons. The van der Waals surface area contributed by atoms with Crippen LogP contribution in [0.3, 0.4) is 0 Å². The third kappa shape index (κ3) is 4.07. The quantitative estimate of drug-likeness (QED) is 0.332. The summed E-state index contributed by atoms with van der Waals surface area (Å²) in [5.74, 6) is 1.02. The molecule has 2 aliphatic heterocycles. The molecular formula is C31H33Cl2N5. The van der Waals surface area contributed by atoms with Crippen molar-refractivity contribution in [1.82, 2.24) is 19.6 Å². The Labute approximate surface area is 234 Å². The lowest BCUT2D eigenvalue weighted by molar-refractivity contribution is 0.157. The van der Waals surface area contributed by atoms with Gasteiger partial charge in [-0.2, -0.15) is 5.10 Å². The summed E-state index contributed by atoms with van der Waals surface area (Å²) in [5.41, 5.74) is 8.44. The van der Waals surface area contributed by atoms with Crippen LogP contribution in [0.15, 0.2) is 71.1 Å². The molecule has 3 heterocycles. The summed E-state index contributed by atoms with van der Waals surface area (Å²) in [4.78, 5) is 9.59. The SMILES string of the molecule is C/C=C1/C(N2CCC3(CC2)Cc2ccccc2C3)=NC=CN1C(=C(C)C)c1ccc2nn(C)c(Cl)c2c1Cl. The maximum absolute atomic E-state index is 7.02. The second-order valence-electron chi connectivity index (χ2n) is 11.0. The Balaban J connectivity index is 1.28. The van der Waals surface area contributed by atoms with Crippen LogP contribution in [0, 0.1) is 5.41 Å². The Bertz CT molecular complexity index is 1520. The predicted molar refractivity (Wildman–Crippen MR) is 158 cm³/mol. The van der Waals surface area contributed by atoms with Gasteiger partial charge in [0.05, 0.1) is 27.3 Å². The number of piperidine rings is 1. The average molecular weight is 547 g/mol. The van der Waals surface area contributed by atoms with Crippen molar-refractivity contribution in [3.63, 3.8) is 0 Å². The maximum Gasteiger partial charge on any atom is 0.152 e. The van der Waals surface area contributed by atoms with E-state index >= 15 is 0 Å². The molecule has 0 amide bonds. The van der Waals surface area contributed by atoms with Gasteiger partial charge in [0, 0.05) is 38.1 Å². The molecule has 5 nitrogen and oxygen atoms in total. The summed E-state index contributed by atoms with van der Waals surface area (Å²) < 4.78 is 1.67. The molecule has 1 saturated heterocycles. The maximum atomic E-state index is 7.02. The molecule has 6 rings (SSSR count).